The van der Waals surface area contributed by atoms with E-state index in [9.17, 15) is 4.79 Å². The first-order valence-electron chi connectivity index (χ1n) is 8.35. The van der Waals surface area contributed by atoms with Crippen molar-refractivity contribution in [1.29, 1.82) is 0 Å². The second-order valence-corrected chi connectivity index (χ2v) is 6.76. The Kier molecular flexibility index (Phi) is 4.65. The molecule has 0 unspecified atom stereocenters. The van der Waals surface area contributed by atoms with Crippen LogP contribution in [0.3, 0.4) is 0 Å². The Morgan fingerprint density at radius 1 is 1.33 bits per heavy atom. The van der Waals surface area contributed by atoms with E-state index in [1.54, 1.807) is 0 Å². The van der Waals surface area contributed by atoms with E-state index < -0.39 is 0 Å². The summed E-state index contributed by atoms with van der Waals surface area (Å²) in [7, 11) is 0. The van der Waals surface area contributed by atoms with Crippen LogP contribution < -0.4 is 0 Å². The minimum atomic E-state index is 0.213. The van der Waals surface area contributed by atoms with Gasteiger partial charge < -0.3 is 14.4 Å². The van der Waals surface area contributed by atoms with Crippen LogP contribution in [0.25, 0.3) is 0 Å². The van der Waals surface area contributed by atoms with Crippen molar-refractivity contribution in [3.05, 3.63) is 12.2 Å². The molecule has 1 atom stereocenters. The fraction of sp³-hybridized carbons (Fsp3) is 0.824. The first-order chi connectivity index (χ1) is 10.2. The summed E-state index contributed by atoms with van der Waals surface area (Å²) in [5.41, 5.74) is 0.298. The number of nitrogens with zero attached hydrogens (tertiary/aromatic N) is 1. The summed E-state index contributed by atoms with van der Waals surface area (Å²) in [5, 5.41) is 0. The van der Waals surface area contributed by atoms with Crippen molar-refractivity contribution in [2.75, 3.05) is 32.9 Å². The van der Waals surface area contributed by atoms with Gasteiger partial charge in [-0.1, -0.05) is 12.2 Å². The Morgan fingerprint density at radius 3 is 2.71 bits per heavy atom. The second kappa shape index (κ2) is 6.49. The highest BCUT2D eigenvalue weighted by Crippen LogP contribution is 2.42. The first-order valence-corrected chi connectivity index (χ1v) is 8.35. The van der Waals surface area contributed by atoms with E-state index in [2.05, 4.69) is 17.1 Å². The van der Waals surface area contributed by atoms with Gasteiger partial charge in [-0.2, -0.15) is 0 Å². The number of likely N-dealkylation sites (tertiary alicyclic amines) is 1. The Labute approximate surface area is 127 Å². The Bertz CT molecular complexity index is 391. The van der Waals surface area contributed by atoms with Gasteiger partial charge in [0.25, 0.3) is 0 Å². The van der Waals surface area contributed by atoms with Crippen LogP contribution in [0.4, 0.5) is 0 Å². The third kappa shape index (κ3) is 3.32. The molecular weight excluding hydrogens is 266 g/mol. The maximum atomic E-state index is 12.4. The van der Waals surface area contributed by atoms with Crippen LogP contribution in [0.5, 0.6) is 0 Å². The topological polar surface area (TPSA) is 38.8 Å². The van der Waals surface area contributed by atoms with E-state index in [1.807, 2.05) is 6.92 Å². The molecule has 21 heavy (non-hydrogen) atoms. The highest BCUT2D eigenvalue weighted by Gasteiger charge is 2.43. The minimum Gasteiger partial charge on any atom is -0.379 e. The molecule has 2 saturated heterocycles. The lowest BCUT2D eigenvalue weighted by molar-refractivity contribution is -0.137. The number of ether oxygens (including phenoxy) is 2. The molecule has 1 spiro atoms. The number of amides is 1. The van der Waals surface area contributed by atoms with Gasteiger partial charge in [-0.25, -0.2) is 0 Å². The lowest BCUT2D eigenvalue weighted by atomic mass is 9.76. The average Bonchev–Trinajstić information content (AvgIpc) is 3.16. The number of carbonyl (C=O) groups is 1. The predicted molar refractivity (Wildman–Crippen MR) is 81.0 cm³/mol. The van der Waals surface area contributed by atoms with E-state index >= 15 is 0 Å². The molecule has 4 nitrogen and oxygen atoms in total. The molecule has 0 N–H and O–H groups in total. The molecule has 118 valence electrons. The molecule has 2 aliphatic heterocycles. The van der Waals surface area contributed by atoms with Crippen molar-refractivity contribution < 1.29 is 14.3 Å². The third-order valence-electron chi connectivity index (χ3n) is 5.29. The van der Waals surface area contributed by atoms with Crippen LogP contribution in [-0.2, 0) is 14.3 Å². The largest absolute Gasteiger partial charge is 0.379 e. The van der Waals surface area contributed by atoms with Gasteiger partial charge >= 0.3 is 0 Å². The van der Waals surface area contributed by atoms with Crippen molar-refractivity contribution in [3.8, 4) is 0 Å². The third-order valence-corrected chi connectivity index (χ3v) is 5.29. The van der Waals surface area contributed by atoms with E-state index in [4.69, 9.17) is 9.47 Å². The van der Waals surface area contributed by atoms with Crippen LogP contribution in [0.1, 0.15) is 39.0 Å². The van der Waals surface area contributed by atoms with Crippen molar-refractivity contribution in [3.63, 3.8) is 0 Å². The Balaban J connectivity index is 1.47. The minimum absolute atomic E-state index is 0.213. The molecule has 1 amide bonds. The molecule has 0 bridgehead atoms. The molecular formula is C17H27NO3. The van der Waals surface area contributed by atoms with Gasteiger partial charge in [-0.3, -0.25) is 4.79 Å². The number of piperidine rings is 1. The number of rotatable bonds is 4. The highest BCUT2D eigenvalue weighted by atomic mass is 16.5. The lowest BCUT2D eigenvalue weighted by Gasteiger charge is -2.39. The fourth-order valence-electron chi connectivity index (χ4n) is 3.88. The SMILES string of the molecule is CCOC[C@H]1CC2(CCN(C(=O)C3CC=CC3)CC2)CO1. The summed E-state index contributed by atoms with van der Waals surface area (Å²) < 4.78 is 11.4. The molecule has 0 aromatic carbocycles. The van der Waals surface area contributed by atoms with Crippen molar-refractivity contribution in [2.24, 2.45) is 11.3 Å². The molecule has 3 rings (SSSR count). The second-order valence-electron chi connectivity index (χ2n) is 6.76. The highest BCUT2D eigenvalue weighted by molar-refractivity contribution is 5.79. The Hall–Kier alpha value is -0.870. The van der Waals surface area contributed by atoms with Crippen LogP contribution in [0, 0.1) is 11.3 Å². The van der Waals surface area contributed by atoms with E-state index in [1.165, 1.54) is 0 Å². The average molecular weight is 293 g/mol. The van der Waals surface area contributed by atoms with Gasteiger partial charge in [-0.15, -0.1) is 0 Å². The van der Waals surface area contributed by atoms with Crippen LogP contribution >= 0.6 is 0 Å². The number of allylic oxidation sites excluding steroid dienone is 2. The molecule has 2 fully saturated rings. The zero-order valence-corrected chi connectivity index (χ0v) is 13.1. The molecule has 0 aromatic rings. The summed E-state index contributed by atoms with van der Waals surface area (Å²) in [4.78, 5) is 14.5. The van der Waals surface area contributed by atoms with Crippen LogP contribution in [0.15, 0.2) is 12.2 Å². The van der Waals surface area contributed by atoms with Gasteiger partial charge in [0.15, 0.2) is 0 Å². The van der Waals surface area contributed by atoms with E-state index in [0.717, 1.165) is 58.4 Å². The quantitative estimate of drug-likeness (QED) is 0.747. The van der Waals surface area contributed by atoms with Crippen molar-refractivity contribution in [2.45, 2.75) is 45.1 Å². The van der Waals surface area contributed by atoms with Crippen LogP contribution in [-0.4, -0.2) is 49.8 Å². The standard InChI is InChI=1S/C17H27NO3/c1-2-20-12-15-11-17(13-21-15)7-9-18(10-8-17)16(19)14-5-3-4-6-14/h3-4,14-15H,2,5-13H2,1H3/t15-/m1/s1. The van der Waals surface area contributed by atoms with E-state index in [-0.39, 0.29) is 12.0 Å². The zero-order valence-electron chi connectivity index (χ0n) is 13.1. The molecule has 2 heterocycles. The lowest BCUT2D eigenvalue weighted by Crippen LogP contribution is -2.45. The number of hydrogen-bond donors (Lipinski definition) is 0. The summed E-state index contributed by atoms with van der Waals surface area (Å²) in [5.74, 6) is 0.573. The normalized spacial score (nSPS) is 28.6. The molecule has 0 saturated carbocycles. The molecule has 0 aromatic heterocycles. The van der Waals surface area contributed by atoms with Crippen molar-refractivity contribution in [1.82, 2.24) is 4.90 Å². The maximum Gasteiger partial charge on any atom is 0.226 e. The molecule has 0 radical (unpaired) electrons. The van der Waals surface area contributed by atoms with E-state index in [0.29, 0.717) is 17.9 Å². The first kappa shape index (κ1) is 15.0. The van der Waals surface area contributed by atoms with Crippen molar-refractivity contribution >= 4 is 5.91 Å². The van der Waals surface area contributed by atoms with Crippen LogP contribution in [0.2, 0.25) is 0 Å². The van der Waals surface area contributed by atoms with Gasteiger partial charge in [0.2, 0.25) is 5.91 Å². The summed E-state index contributed by atoms with van der Waals surface area (Å²) in [6.07, 6.45) is 9.66. The monoisotopic (exact) mass is 293 g/mol. The number of hydrogen-bond acceptors (Lipinski definition) is 3. The summed E-state index contributed by atoms with van der Waals surface area (Å²) in [6, 6.07) is 0. The van der Waals surface area contributed by atoms with Gasteiger partial charge in [-0.05, 0) is 44.4 Å². The maximum absolute atomic E-state index is 12.4. The Morgan fingerprint density at radius 2 is 2.05 bits per heavy atom. The number of carbonyl (C=O) groups excluding carboxylic acids is 1. The smallest absolute Gasteiger partial charge is 0.226 e. The molecule has 3 aliphatic rings. The van der Waals surface area contributed by atoms with Gasteiger partial charge in [0.05, 0.1) is 19.3 Å². The zero-order chi connectivity index (χ0) is 14.7. The summed E-state index contributed by atoms with van der Waals surface area (Å²) in [6.45, 7) is 6.14. The molecule has 1 aliphatic carbocycles. The molecule has 4 heteroatoms. The van der Waals surface area contributed by atoms with Gasteiger partial charge in [0, 0.05) is 25.6 Å². The predicted octanol–water partition coefficient (Wildman–Crippen LogP) is 2.39. The van der Waals surface area contributed by atoms with Gasteiger partial charge in [0.1, 0.15) is 0 Å². The fourth-order valence-corrected chi connectivity index (χ4v) is 3.88. The summed E-state index contributed by atoms with van der Waals surface area (Å²) >= 11 is 0.